The molecule has 156 valence electrons. The topological polar surface area (TPSA) is 49.9 Å². The number of Topliss-reactive ketones (excluding diaryl/α,β-unsaturated/α-hetero) is 1. The standard InChI is InChI=1S/C25H28N2O3/c28-24(21-8-9-21)19-30-23-12-10-22(11-13-23)25(29)27-17-15-26(16-18-27)14-4-7-20-5-2-1-3-6-20/h1-7,10-13,21H,8-9,14-19H2. The molecule has 2 aromatic carbocycles. The van der Waals surface area contributed by atoms with Crippen molar-refractivity contribution in [3.05, 3.63) is 71.8 Å². The first-order valence-corrected chi connectivity index (χ1v) is 10.7. The third kappa shape index (κ3) is 5.57. The van der Waals surface area contributed by atoms with Crippen LogP contribution < -0.4 is 4.74 Å². The maximum atomic E-state index is 12.8. The molecule has 1 saturated carbocycles. The van der Waals surface area contributed by atoms with Crippen LogP contribution in [0, 0.1) is 5.92 Å². The largest absolute Gasteiger partial charge is 0.486 e. The van der Waals surface area contributed by atoms with Gasteiger partial charge in [0.05, 0.1) is 0 Å². The Balaban J connectivity index is 1.21. The lowest BCUT2D eigenvalue weighted by molar-refractivity contribution is -0.122. The van der Waals surface area contributed by atoms with Crippen molar-refractivity contribution >= 4 is 17.8 Å². The van der Waals surface area contributed by atoms with E-state index in [0.29, 0.717) is 11.3 Å². The van der Waals surface area contributed by atoms with Crippen LogP contribution in [0.25, 0.3) is 6.08 Å². The summed E-state index contributed by atoms with van der Waals surface area (Å²) in [6.45, 7) is 4.21. The van der Waals surface area contributed by atoms with Crippen molar-refractivity contribution in [3.8, 4) is 5.75 Å². The molecule has 1 saturated heterocycles. The van der Waals surface area contributed by atoms with Crippen LogP contribution in [0.15, 0.2) is 60.7 Å². The molecule has 5 nitrogen and oxygen atoms in total. The summed E-state index contributed by atoms with van der Waals surface area (Å²) in [5.74, 6) is 1.07. The Morgan fingerprint density at radius 3 is 2.30 bits per heavy atom. The van der Waals surface area contributed by atoms with Crippen molar-refractivity contribution < 1.29 is 14.3 Å². The number of carbonyl (C=O) groups excluding carboxylic acids is 2. The third-order valence-corrected chi connectivity index (χ3v) is 5.65. The molecule has 0 radical (unpaired) electrons. The lowest BCUT2D eigenvalue weighted by Gasteiger charge is -2.34. The van der Waals surface area contributed by atoms with E-state index in [2.05, 4.69) is 29.2 Å². The lowest BCUT2D eigenvalue weighted by atomic mass is 10.1. The zero-order chi connectivity index (χ0) is 20.8. The summed E-state index contributed by atoms with van der Waals surface area (Å²) in [7, 11) is 0. The summed E-state index contributed by atoms with van der Waals surface area (Å²) in [6, 6.07) is 17.4. The minimum Gasteiger partial charge on any atom is -0.486 e. The number of nitrogens with zero attached hydrogens (tertiary/aromatic N) is 2. The normalized spacial score (nSPS) is 17.3. The predicted molar refractivity (Wildman–Crippen MR) is 117 cm³/mol. The van der Waals surface area contributed by atoms with Crippen molar-refractivity contribution in [2.75, 3.05) is 39.3 Å². The SMILES string of the molecule is O=C(COc1ccc(C(=O)N2CCN(CC=Cc3ccccc3)CC2)cc1)C1CC1. The Morgan fingerprint density at radius 2 is 1.63 bits per heavy atom. The number of hydrogen-bond donors (Lipinski definition) is 0. The van der Waals surface area contributed by atoms with Crippen molar-refractivity contribution in [2.45, 2.75) is 12.8 Å². The second-order valence-electron chi connectivity index (χ2n) is 7.96. The fourth-order valence-corrected chi connectivity index (χ4v) is 3.59. The van der Waals surface area contributed by atoms with Crippen LogP contribution in [0.5, 0.6) is 5.75 Å². The third-order valence-electron chi connectivity index (χ3n) is 5.65. The average molecular weight is 405 g/mol. The Labute approximate surface area is 177 Å². The minimum atomic E-state index is 0.0510. The molecular weight excluding hydrogens is 376 g/mol. The molecule has 1 aliphatic carbocycles. The van der Waals surface area contributed by atoms with E-state index < -0.39 is 0 Å². The Morgan fingerprint density at radius 1 is 0.933 bits per heavy atom. The number of hydrogen-bond acceptors (Lipinski definition) is 4. The van der Waals surface area contributed by atoms with Gasteiger partial charge in [-0.25, -0.2) is 0 Å². The van der Waals surface area contributed by atoms with Gasteiger partial charge in [0, 0.05) is 44.2 Å². The zero-order valence-corrected chi connectivity index (χ0v) is 17.2. The first kappa shape index (κ1) is 20.4. The van der Waals surface area contributed by atoms with Crippen LogP contribution in [-0.4, -0.2) is 60.8 Å². The van der Waals surface area contributed by atoms with E-state index in [0.717, 1.165) is 45.6 Å². The van der Waals surface area contributed by atoms with Crippen LogP contribution in [0.4, 0.5) is 0 Å². The molecular formula is C25H28N2O3. The van der Waals surface area contributed by atoms with E-state index in [9.17, 15) is 9.59 Å². The molecule has 2 aromatic rings. The summed E-state index contributed by atoms with van der Waals surface area (Å²) in [5.41, 5.74) is 1.86. The minimum absolute atomic E-state index is 0.0510. The molecule has 0 bridgehead atoms. The molecule has 0 atom stereocenters. The van der Waals surface area contributed by atoms with E-state index in [4.69, 9.17) is 4.74 Å². The number of benzene rings is 2. The number of ketones is 1. The molecule has 5 heteroatoms. The Bertz CT molecular complexity index is 880. The maximum Gasteiger partial charge on any atom is 0.253 e. The van der Waals surface area contributed by atoms with Crippen molar-refractivity contribution in [3.63, 3.8) is 0 Å². The molecule has 0 unspecified atom stereocenters. The fourth-order valence-electron chi connectivity index (χ4n) is 3.59. The van der Waals surface area contributed by atoms with Gasteiger partial charge in [-0.1, -0.05) is 42.5 Å². The van der Waals surface area contributed by atoms with Gasteiger partial charge in [0.2, 0.25) is 0 Å². The first-order valence-electron chi connectivity index (χ1n) is 10.7. The highest BCUT2D eigenvalue weighted by Gasteiger charge is 2.29. The number of rotatable bonds is 8. The zero-order valence-electron chi connectivity index (χ0n) is 17.2. The average Bonchev–Trinajstić information content (AvgIpc) is 3.64. The van der Waals surface area contributed by atoms with Crippen molar-refractivity contribution in [1.29, 1.82) is 0 Å². The van der Waals surface area contributed by atoms with Crippen LogP contribution in [-0.2, 0) is 4.79 Å². The molecule has 2 aliphatic rings. The summed E-state index contributed by atoms with van der Waals surface area (Å²) in [5, 5.41) is 0. The molecule has 4 rings (SSSR count). The van der Waals surface area contributed by atoms with Gasteiger partial charge in [-0.05, 0) is 42.7 Å². The lowest BCUT2D eigenvalue weighted by Crippen LogP contribution is -2.48. The number of amides is 1. The molecule has 30 heavy (non-hydrogen) atoms. The second-order valence-corrected chi connectivity index (χ2v) is 7.96. The smallest absolute Gasteiger partial charge is 0.253 e. The van der Waals surface area contributed by atoms with Crippen LogP contribution >= 0.6 is 0 Å². The van der Waals surface area contributed by atoms with Gasteiger partial charge in [0.25, 0.3) is 5.91 Å². The maximum absolute atomic E-state index is 12.8. The molecule has 0 N–H and O–H groups in total. The number of piperazine rings is 1. The molecule has 1 amide bonds. The van der Waals surface area contributed by atoms with Crippen LogP contribution in [0.1, 0.15) is 28.8 Å². The van der Waals surface area contributed by atoms with Gasteiger partial charge in [-0.2, -0.15) is 0 Å². The number of ether oxygens (including phenoxy) is 1. The van der Waals surface area contributed by atoms with Gasteiger partial charge in [0.15, 0.2) is 5.78 Å². The first-order chi connectivity index (χ1) is 14.7. The van der Waals surface area contributed by atoms with Crippen LogP contribution in [0.3, 0.4) is 0 Å². The molecule has 2 fully saturated rings. The molecule has 0 aromatic heterocycles. The van der Waals surface area contributed by atoms with Crippen molar-refractivity contribution in [2.24, 2.45) is 5.92 Å². The predicted octanol–water partition coefficient (Wildman–Crippen LogP) is 3.52. The summed E-state index contributed by atoms with van der Waals surface area (Å²) >= 11 is 0. The summed E-state index contributed by atoms with van der Waals surface area (Å²) < 4.78 is 5.55. The van der Waals surface area contributed by atoms with Gasteiger partial charge in [0.1, 0.15) is 12.4 Å². The fraction of sp³-hybridized carbons (Fsp3) is 0.360. The van der Waals surface area contributed by atoms with E-state index >= 15 is 0 Å². The second kappa shape index (κ2) is 9.72. The van der Waals surface area contributed by atoms with Crippen LogP contribution in [0.2, 0.25) is 0 Å². The summed E-state index contributed by atoms with van der Waals surface area (Å²) in [4.78, 5) is 28.8. The van der Waals surface area contributed by atoms with Gasteiger partial charge in [-0.3, -0.25) is 14.5 Å². The van der Waals surface area contributed by atoms with E-state index in [1.54, 1.807) is 24.3 Å². The molecule has 1 aliphatic heterocycles. The molecule has 1 heterocycles. The Kier molecular flexibility index (Phi) is 6.60. The van der Waals surface area contributed by atoms with E-state index in [1.165, 1.54) is 5.56 Å². The quantitative estimate of drug-likeness (QED) is 0.676. The Hall–Kier alpha value is -2.92. The highest BCUT2D eigenvalue weighted by Crippen LogP contribution is 2.30. The number of carbonyl (C=O) groups is 2. The monoisotopic (exact) mass is 404 g/mol. The highest BCUT2D eigenvalue weighted by molar-refractivity contribution is 5.94. The molecule has 0 spiro atoms. The van der Waals surface area contributed by atoms with Gasteiger partial charge >= 0.3 is 0 Å². The van der Waals surface area contributed by atoms with Gasteiger partial charge < -0.3 is 9.64 Å². The van der Waals surface area contributed by atoms with E-state index in [-0.39, 0.29) is 24.2 Å². The summed E-state index contributed by atoms with van der Waals surface area (Å²) in [6.07, 6.45) is 6.30. The highest BCUT2D eigenvalue weighted by atomic mass is 16.5. The van der Waals surface area contributed by atoms with Crippen molar-refractivity contribution in [1.82, 2.24) is 9.80 Å². The van der Waals surface area contributed by atoms with Gasteiger partial charge in [-0.15, -0.1) is 0 Å². The van der Waals surface area contributed by atoms with E-state index in [1.807, 2.05) is 23.1 Å².